The monoisotopic (exact) mass is 493 g/mol. The van der Waals surface area contributed by atoms with E-state index in [-0.39, 0.29) is 24.3 Å². The quantitative estimate of drug-likeness (QED) is 0.585. The SMILES string of the molecule is CCCN1CC=C[C@H]2O[C@]34C=CCN(Cc5ccccc5)C(=O)C3N([C@@H](CC)CO)C(=O)[C@@H]4[C@H]2C1=O. The number of rotatable bonds is 7. The maximum Gasteiger partial charge on any atom is 0.249 e. The van der Waals surface area contributed by atoms with E-state index < -0.39 is 35.6 Å². The Hall–Kier alpha value is -2.97. The molecule has 8 heteroatoms. The number of nitrogens with zero attached hydrogens (tertiary/aromatic N) is 3. The molecular weight excluding hydrogens is 458 g/mol. The fraction of sp³-hybridized carbons (Fsp3) is 0.536. The van der Waals surface area contributed by atoms with Crippen LogP contribution in [0.2, 0.25) is 0 Å². The van der Waals surface area contributed by atoms with Crippen molar-refractivity contribution in [2.75, 3.05) is 26.2 Å². The molecule has 192 valence electrons. The van der Waals surface area contributed by atoms with Crippen molar-refractivity contribution in [2.45, 2.75) is 57.0 Å². The van der Waals surface area contributed by atoms with E-state index in [4.69, 9.17) is 4.74 Å². The number of aliphatic hydroxyl groups is 1. The first-order valence-electron chi connectivity index (χ1n) is 13.0. The average molecular weight is 494 g/mol. The third-order valence-electron chi connectivity index (χ3n) is 8.05. The highest BCUT2D eigenvalue weighted by molar-refractivity contribution is 6.00. The summed E-state index contributed by atoms with van der Waals surface area (Å²) in [4.78, 5) is 47.1. The number of benzene rings is 1. The lowest BCUT2D eigenvalue weighted by Crippen LogP contribution is -2.57. The van der Waals surface area contributed by atoms with Gasteiger partial charge in [-0.15, -0.1) is 0 Å². The summed E-state index contributed by atoms with van der Waals surface area (Å²) < 4.78 is 6.63. The molecule has 1 unspecified atom stereocenters. The predicted octanol–water partition coefficient (Wildman–Crippen LogP) is 1.75. The van der Waals surface area contributed by atoms with Gasteiger partial charge in [0, 0.05) is 26.2 Å². The smallest absolute Gasteiger partial charge is 0.249 e. The lowest BCUT2D eigenvalue weighted by molar-refractivity contribution is -0.151. The van der Waals surface area contributed by atoms with Gasteiger partial charge in [0.2, 0.25) is 17.7 Å². The molecule has 3 amide bonds. The Morgan fingerprint density at radius 3 is 2.47 bits per heavy atom. The summed E-state index contributed by atoms with van der Waals surface area (Å²) in [5.74, 6) is -2.13. The molecule has 0 saturated carbocycles. The largest absolute Gasteiger partial charge is 0.394 e. The number of carbonyl (C=O) groups excluding carboxylic acids is 3. The molecule has 2 saturated heterocycles. The molecule has 1 spiro atoms. The molecule has 0 radical (unpaired) electrons. The molecule has 0 aliphatic carbocycles. The number of amides is 3. The highest BCUT2D eigenvalue weighted by atomic mass is 16.5. The highest BCUT2D eigenvalue weighted by Crippen LogP contribution is 2.54. The summed E-state index contributed by atoms with van der Waals surface area (Å²) in [7, 11) is 0. The van der Waals surface area contributed by atoms with E-state index >= 15 is 0 Å². The third kappa shape index (κ3) is 3.78. The Morgan fingerprint density at radius 2 is 1.78 bits per heavy atom. The zero-order chi connectivity index (χ0) is 25.4. The molecule has 4 aliphatic heterocycles. The second kappa shape index (κ2) is 9.82. The number of fused-ring (bicyclic) bond motifs is 2. The summed E-state index contributed by atoms with van der Waals surface area (Å²) in [5.41, 5.74) is -0.269. The normalized spacial score (nSPS) is 32.3. The molecule has 1 aromatic rings. The van der Waals surface area contributed by atoms with Gasteiger partial charge in [-0.2, -0.15) is 0 Å². The van der Waals surface area contributed by atoms with Crippen molar-refractivity contribution in [1.82, 2.24) is 14.7 Å². The van der Waals surface area contributed by atoms with E-state index in [1.165, 1.54) is 4.90 Å². The molecule has 4 heterocycles. The average Bonchev–Trinajstić information content (AvgIpc) is 3.21. The fourth-order valence-electron chi connectivity index (χ4n) is 6.40. The molecular formula is C28H35N3O5. The first-order valence-corrected chi connectivity index (χ1v) is 13.0. The van der Waals surface area contributed by atoms with Crippen LogP contribution in [-0.4, -0.2) is 87.6 Å². The number of hydrogen-bond donors (Lipinski definition) is 1. The third-order valence-corrected chi connectivity index (χ3v) is 8.05. The second-order valence-electron chi connectivity index (χ2n) is 10.2. The van der Waals surface area contributed by atoms with Gasteiger partial charge in [0.1, 0.15) is 11.6 Å². The van der Waals surface area contributed by atoms with Crippen LogP contribution in [-0.2, 0) is 25.7 Å². The number of ether oxygens (including phenoxy) is 1. The minimum atomic E-state index is -1.26. The van der Waals surface area contributed by atoms with E-state index in [1.54, 1.807) is 9.80 Å². The Bertz CT molecular complexity index is 1070. The van der Waals surface area contributed by atoms with Crippen molar-refractivity contribution in [3.63, 3.8) is 0 Å². The summed E-state index contributed by atoms with van der Waals surface area (Å²) >= 11 is 0. The van der Waals surface area contributed by atoms with Gasteiger partial charge >= 0.3 is 0 Å². The molecule has 2 fully saturated rings. The summed E-state index contributed by atoms with van der Waals surface area (Å²) in [6.07, 6.45) is 8.28. The summed E-state index contributed by atoms with van der Waals surface area (Å²) in [5, 5.41) is 10.2. The van der Waals surface area contributed by atoms with Crippen LogP contribution in [0.4, 0.5) is 0 Å². The van der Waals surface area contributed by atoms with Crippen LogP contribution in [0.15, 0.2) is 54.6 Å². The van der Waals surface area contributed by atoms with Gasteiger partial charge in [-0.1, -0.05) is 68.5 Å². The van der Waals surface area contributed by atoms with E-state index in [0.29, 0.717) is 32.6 Å². The molecule has 4 aliphatic rings. The van der Waals surface area contributed by atoms with Gasteiger partial charge < -0.3 is 24.5 Å². The molecule has 5 rings (SSSR count). The van der Waals surface area contributed by atoms with Crippen molar-refractivity contribution in [3.8, 4) is 0 Å². The van der Waals surface area contributed by atoms with E-state index in [0.717, 1.165) is 12.0 Å². The lowest BCUT2D eigenvalue weighted by Gasteiger charge is -2.38. The zero-order valence-electron chi connectivity index (χ0n) is 21.0. The molecule has 8 nitrogen and oxygen atoms in total. The molecule has 0 aromatic heterocycles. The van der Waals surface area contributed by atoms with E-state index in [2.05, 4.69) is 0 Å². The van der Waals surface area contributed by atoms with Crippen LogP contribution in [0.1, 0.15) is 32.3 Å². The maximum atomic E-state index is 14.2. The first kappa shape index (κ1) is 24.7. The Labute approximate surface area is 212 Å². The van der Waals surface area contributed by atoms with Crippen molar-refractivity contribution in [1.29, 1.82) is 0 Å². The second-order valence-corrected chi connectivity index (χ2v) is 10.2. The standard InChI is InChI=1S/C28H35N3O5/c1-3-14-29-15-8-12-21-22(25(29)33)23-26(34)31(20(4-2)18-32)24-27(35)30(16-9-13-28(23,24)36-21)17-19-10-6-5-7-11-19/h5-13,20-24,32H,3-4,14-18H2,1-2H3/t20-,21+,22-,23-,24?,28-/m0/s1. The molecule has 6 atom stereocenters. The number of hydrogen-bond acceptors (Lipinski definition) is 5. The number of aliphatic hydroxyl groups excluding tert-OH is 1. The lowest BCUT2D eigenvalue weighted by atomic mass is 9.77. The molecule has 1 aromatic carbocycles. The number of carbonyl (C=O) groups is 3. The van der Waals surface area contributed by atoms with Crippen molar-refractivity contribution >= 4 is 17.7 Å². The van der Waals surface area contributed by atoms with Gasteiger partial charge in [0.25, 0.3) is 0 Å². The Kier molecular flexibility index (Phi) is 6.74. The Balaban J connectivity index is 1.58. The van der Waals surface area contributed by atoms with Crippen LogP contribution in [0.3, 0.4) is 0 Å². The van der Waals surface area contributed by atoms with Gasteiger partial charge in [-0.25, -0.2) is 0 Å². The van der Waals surface area contributed by atoms with Crippen molar-refractivity contribution in [2.24, 2.45) is 11.8 Å². The highest BCUT2D eigenvalue weighted by Gasteiger charge is 2.72. The first-order chi connectivity index (χ1) is 17.5. The van der Waals surface area contributed by atoms with Crippen LogP contribution in [0.5, 0.6) is 0 Å². The summed E-state index contributed by atoms with van der Waals surface area (Å²) in [6, 6.07) is 8.26. The minimum Gasteiger partial charge on any atom is -0.394 e. The molecule has 36 heavy (non-hydrogen) atoms. The molecule has 0 bridgehead atoms. The van der Waals surface area contributed by atoms with E-state index in [9.17, 15) is 19.5 Å². The van der Waals surface area contributed by atoms with Crippen molar-refractivity contribution < 1.29 is 24.2 Å². The molecule has 1 N–H and O–H groups in total. The zero-order valence-corrected chi connectivity index (χ0v) is 21.0. The maximum absolute atomic E-state index is 14.2. The number of likely N-dealkylation sites (tertiary alicyclic amines) is 1. The Morgan fingerprint density at radius 1 is 1.03 bits per heavy atom. The topological polar surface area (TPSA) is 90.4 Å². The summed E-state index contributed by atoms with van der Waals surface area (Å²) in [6.45, 7) is 5.50. The van der Waals surface area contributed by atoms with Gasteiger partial charge in [-0.05, 0) is 18.4 Å². The van der Waals surface area contributed by atoms with Gasteiger partial charge in [-0.3, -0.25) is 14.4 Å². The van der Waals surface area contributed by atoms with Crippen LogP contribution < -0.4 is 0 Å². The van der Waals surface area contributed by atoms with Crippen LogP contribution in [0, 0.1) is 11.8 Å². The van der Waals surface area contributed by atoms with Crippen molar-refractivity contribution in [3.05, 3.63) is 60.2 Å². The van der Waals surface area contributed by atoms with Crippen LogP contribution >= 0.6 is 0 Å². The van der Waals surface area contributed by atoms with Gasteiger partial charge in [0.15, 0.2) is 0 Å². The fourth-order valence-corrected chi connectivity index (χ4v) is 6.40. The minimum absolute atomic E-state index is 0.106. The van der Waals surface area contributed by atoms with Gasteiger partial charge in [0.05, 0.1) is 30.6 Å². The van der Waals surface area contributed by atoms with Crippen LogP contribution in [0.25, 0.3) is 0 Å². The predicted molar refractivity (Wildman–Crippen MR) is 133 cm³/mol. The van der Waals surface area contributed by atoms with E-state index in [1.807, 2.05) is 68.5 Å².